The number of esters is 1. The Morgan fingerprint density at radius 1 is 0.956 bits per heavy atom. The lowest BCUT2D eigenvalue weighted by Gasteiger charge is -2.30. The van der Waals surface area contributed by atoms with Gasteiger partial charge in [-0.2, -0.15) is 0 Å². The number of hydrogen-bond acceptors (Lipinski definition) is 7. The van der Waals surface area contributed by atoms with Crippen LogP contribution in [0, 0.1) is 0 Å². The zero-order valence-corrected chi connectivity index (χ0v) is 26.0. The maximum Gasteiger partial charge on any atom is 0.412 e. The molecule has 0 fully saturated rings. The van der Waals surface area contributed by atoms with Gasteiger partial charge in [0.2, 0.25) is 0 Å². The Morgan fingerprint density at radius 2 is 1.64 bits per heavy atom. The summed E-state index contributed by atoms with van der Waals surface area (Å²) in [4.78, 5) is 23.8. The molecule has 4 aromatic carbocycles. The van der Waals surface area contributed by atoms with E-state index < -0.39 is 12.1 Å². The fourth-order valence-corrected chi connectivity index (χ4v) is 6.31. The first-order valence-corrected chi connectivity index (χ1v) is 14.7. The maximum atomic E-state index is 12.3. The van der Waals surface area contributed by atoms with E-state index in [1.807, 2.05) is 18.2 Å². The van der Waals surface area contributed by atoms with Crippen LogP contribution in [0.4, 0.5) is 4.79 Å². The van der Waals surface area contributed by atoms with Crippen LogP contribution in [0.1, 0.15) is 43.0 Å². The van der Waals surface area contributed by atoms with Crippen molar-refractivity contribution in [3.8, 4) is 34.1 Å². The summed E-state index contributed by atoms with van der Waals surface area (Å²) in [5, 5.41) is 4.58. The van der Waals surface area contributed by atoms with Crippen LogP contribution in [0.25, 0.3) is 27.5 Å². The summed E-state index contributed by atoms with van der Waals surface area (Å²) in [5.41, 5.74) is 7.82. The molecule has 1 N–H and O–H groups in total. The van der Waals surface area contributed by atoms with Crippen molar-refractivity contribution in [2.45, 2.75) is 26.2 Å². The van der Waals surface area contributed by atoms with Crippen LogP contribution >= 0.6 is 0 Å². The van der Waals surface area contributed by atoms with E-state index in [0.717, 1.165) is 38.8 Å². The van der Waals surface area contributed by atoms with E-state index in [9.17, 15) is 9.59 Å². The number of ether oxygens (including phenoxy) is 5. The number of nitrogens with one attached hydrogen (secondary N) is 1. The largest absolute Gasteiger partial charge is 0.493 e. The molecule has 8 nitrogen and oxygen atoms in total. The van der Waals surface area contributed by atoms with E-state index in [4.69, 9.17) is 23.7 Å². The van der Waals surface area contributed by atoms with Crippen LogP contribution in [0.5, 0.6) is 23.0 Å². The third-order valence-corrected chi connectivity index (χ3v) is 8.37. The molecule has 4 aromatic rings. The van der Waals surface area contributed by atoms with Gasteiger partial charge in [-0.3, -0.25) is 0 Å². The number of rotatable bonds is 8. The zero-order valence-electron chi connectivity index (χ0n) is 26.0. The topological polar surface area (TPSA) is 92.3 Å². The normalized spacial score (nSPS) is 13.8. The lowest BCUT2D eigenvalue weighted by Crippen LogP contribution is -2.30. The van der Waals surface area contributed by atoms with Gasteiger partial charge in [0.1, 0.15) is 24.7 Å². The monoisotopic (exact) mass is 605 g/mol. The fraction of sp³-hybridized carbons (Fsp3) is 0.243. The van der Waals surface area contributed by atoms with Gasteiger partial charge < -0.3 is 29.0 Å². The van der Waals surface area contributed by atoms with E-state index in [0.29, 0.717) is 29.4 Å². The molecule has 6 rings (SSSR count). The van der Waals surface area contributed by atoms with Crippen LogP contribution in [0.2, 0.25) is 0 Å². The Kier molecular flexibility index (Phi) is 7.74. The van der Waals surface area contributed by atoms with Crippen molar-refractivity contribution in [1.29, 1.82) is 0 Å². The summed E-state index contributed by atoms with van der Waals surface area (Å²) in [5.74, 6) is 1.97. The minimum Gasteiger partial charge on any atom is -0.493 e. The van der Waals surface area contributed by atoms with Crippen LogP contribution in [0.15, 0.2) is 78.9 Å². The standard InChI is InChI=1S/C37H35NO7/c1-21(2)35(39)44-18-16-38-36(40)45-23-13-11-22(12-14-23)24-15-17-43-34-27-20-30(42-6)29(41-5)19-26(27)31-25-9-7-8-10-28(25)37(3,4)33(31)32(24)34/h7-15,19-20H,1,16-18H2,2-6H3,(H,38,40). The summed E-state index contributed by atoms with van der Waals surface area (Å²) in [6.07, 6.45) is 1.46. The van der Waals surface area contributed by atoms with Crippen LogP contribution in [-0.2, 0) is 14.9 Å². The smallest absolute Gasteiger partial charge is 0.412 e. The second kappa shape index (κ2) is 11.7. The summed E-state index contributed by atoms with van der Waals surface area (Å²) in [7, 11) is 3.28. The Morgan fingerprint density at radius 3 is 2.33 bits per heavy atom. The van der Waals surface area contributed by atoms with Crippen molar-refractivity contribution in [2.75, 3.05) is 34.0 Å². The second-order valence-corrected chi connectivity index (χ2v) is 11.6. The van der Waals surface area contributed by atoms with Gasteiger partial charge in [-0.15, -0.1) is 0 Å². The lowest BCUT2D eigenvalue weighted by molar-refractivity contribution is -0.138. The van der Waals surface area contributed by atoms with E-state index in [2.05, 4.69) is 62.2 Å². The van der Waals surface area contributed by atoms with Crippen LogP contribution in [-0.4, -0.2) is 46.0 Å². The molecule has 0 unspecified atom stereocenters. The van der Waals surface area contributed by atoms with Gasteiger partial charge in [-0.25, -0.2) is 9.59 Å². The second-order valence-electron chi connectivity index (χ2n) is 11.6. The van der Waals surface area contributed by atoms with E-state index in [-0.39, 0.29) is 18.6 Å². The van der Waals surface area contributed by atoms with Gasteiger partial charge in [-0.1, -0.05) is 56.8 Å². The molecule has 1 amide bonds. The third-order valence-electron chi connectivity index (χ3n) is 8.37. The van der Waals surface area contributed by atoms with E-state index in [1.54, 1.807) is 33.3 Å². The van der Waals surface area contributed by atoms with Crippen molar-refractivity contribution < 1.29 is 33.3 Å². The molecule has 0 atom stereocenters. The molecule has 0 saturated carbocycles. The molecule has 0 spiro atoms. The highest BCUT2D eigenvalue weighted by Crippen LogP contribution is 2.59. The quantitative estimate of drug-likeness (QED) is 0.129. The first-order valence-electron chi connectivity index (χ1n) is 14.7. The molecule has 1 aliphatic heterocycles. The molecule has 0 aromatic heterocycles. The third kappa shape index (κ3) is 5.16. The molecule has 1 heterocycles. The van der Waals surface area contributed by atoms with Crippen molar-refractivity contribution in [1.82, 2.24) is 5.32 Å². The Balaban J connectivity index is 1.38. The summed E-state index contributed by atoms with van der Waals surface area (Å²) >= 11 is 0. The maximum absolute atomic E-state index is 12.3. The Labute approximate surface area is 262 Å². The predicted molar refractivity (Wildman–Crippen MR) is 173 cm³/mol. The van der Waals surface area contributed by atoms with Crippen molar-refractivity contribution >= 4 is 28.4 Å². The minimum absolute atomic E-state index is 0.0211. The molecule has 2 aliphatic rings. The highest BCUT2D eigenvalue weighted by Gasteiger charge is 2.42. The zero-order chi connectivity index (χ0) is 31.9. The van der Waals surface area contributed by atoms with Crippen LogP contribution in [0.3, 0.4) is 0 Å². The van der Waals surface area contributed by atoms with Gasteiger partial charge in [0, 0.05) is 21.9 Å². The molecule has 0 saturated heterocycles. The molecule has 1 aliphatic carbocycles. The van der Waals surface area contributed by atoms with Gasteiger partial charge in [0.25, 0.3) is 0 Å². The van der Waals surface area contributed by atoms with Gasteiger partial charge in [0.15, 0.2) is 11.5 Å². The molecule has 0 radical (unpaired) electrons. The molecule has 230 valence electrons. The fourth-order valence-electron chi connectivity index (χ4n) is 6.31. The molecule has 45 heavy (non-hydrogen) atoms. The minimum atomic E-state index is -0.641. The van der Waals surface area contributed by atoms with Crippen LogP contribution < -0.4 is 24.3 Å². The Hall–Kier alpha value is -5.24. The van der Waals surface area contributed by atoms with Crippen molar-refractivity contribution in [3.63, 3.8) is 0 Å². The highest BCUT2D eigenvalue weighted by molar-refractivity contribution is 6.11. The summed E-state index contributed by atoms with van der Waals surface area (Å²) < 4.78 is 28.3. The van der Waals surface area contributed by atoms with Gasteiger partial charge in [-0.05, 0) is 76.0 Å². The average molecular weight is 606 g/mol. The Bertz CT molecular complexity index is 1890. The number of benzene rings is 4. The number of amides is 1. The predicted octanol–water partition coefficient (Wildman–Crippen LogP) is 7.20. The summed E-state index contributed by atoms with van der Waals surface area (Å²) in [6.45, 7) is 10.1. The molecular formula is C37H35NO7. The molecule has 8 heteroatoms. The van der Waals surface area contributed by atoms with Crippen molar-refractivity contribution in [3.05, 3.63) is 101 Å². The molecule has 0 bridgehead atoms. The SMILES string of the molecule is C=C(C)C(=O)OCCNC(=O)Oc1ccc(C2=CCOc3c2c2c(c4cc(OC)c(OC)cc34)-c3ccccc3C2(C)C)cc1. The lowest BCUT2D eigenvalue weighted by atomic mass is 9.76. The number of carbonyl (C=O) groups is 2. The van der Waals surface area contributed by atoms with E-state index in [1.165, 1.54) is 16.7 Å². The number of carbonyl (C=O) groups excluding carboxylic acids is 2. The number of methoxy groups -OCH3 is 2. The van der Waals surface area contributed by atoms with E-state index >= 15 is 0 Å². The first-order chi connectivity index (χ1) is 21.6. The van der Waals surface area contributed by atoms with Gasteiger partial charge in [0.05, 0.1) is 20.8 Å². The summed E-state index contributed by atoms with van der Waals surface area (Å²) in [6, 6.07) is 20.0. The molecular weight excluding hydrogens is 570 g/mol. The number of hydrogen-bond donors (Lipinski definition) is 1. The first kappa shape index (κ1) is 29.8. The highest BCUT2D eigenvalue weighted by atomic mass is 16.6. The van der Waals surface area contributed by atoms with Crippen molar-refractivity contribution in [2.24, 2.45) is 0 Å². The number of fused-ring (bicyclic) bond motifs is 8. The average Bonchev–Trinajstić information content (AvgIpc) is 3.29. The van der Waals surface area contributed by atoms with Gasteiger partial charge >= 0.3 is 12.1 Å².